The lowest BCUT2D eigenvalue weighted by Gasteiger charge is -2.21. The Labute approximate surface area is 282 Å². The fourth-order valence-electron chi connectivity index (χ4n) is 5.72. The van der Waals surface area contributed by atoms with Crippen LogP contribution in [0.25, 0.3) is 34.2 Å². The second-order valence-corrected chi connectivity index (χ2v) is 11.8. The van der Waals surface area contributed by atoms with Crippen LogP contribution in [0.1, 0.15) is 96.7 Å². The lowest BCUT2D eigenvalue weighted by molar-refractivity contribution is -0.144. The van der Waals surface area contributed by atoms with Crippen molar-refractivity contribution in [1.82, 2.24) is 15.0 Å². The summed E-state index contributed by atoms with van der Waals surface area (Å²) < 4.78 is 10.8. The number of carbonyl (C=O) groups is 1. The molecule has 0 fully saturated rings. The maximum atomic E-state index is 11.8. The van der Waals surface area contributed by atoms with E-state index in [2.05, 4.69) is 69.2 Å². The van der Waals surface area contributed by atoms with Gasteiger partial charge in [-0.15, -0.1) is 0 Å². The number of phenolic OH excluding ortho intramolecular Hbond substituents is 1. The predicted octanol–water partition coefficient (Wildman–Crippen LogP) is 10.0. The van der Waals surface area contributed by atoms with Crippen molar-refractivity contribution in [2.24, 2.45) is 0 Å². The minimum absolute atomic E-state index is 0. The smallest absolute Gasteiger partial charge is 0.309 e. The predicted molar refractivity (Wildman–Crippen MR) is 195 cm³/mol. The first-order chi connectivity index (χ1) is 21.8. The summed E-state index contributed by atoms with van der Waals surface area (Å²) in [5.41, 5.74) is 14.3. The third-order valence-corrected chi connectivity index (χ3v) is 9.33. The van der Waals surface area contributed by atoms with Crippen LogP contribution in [0.5, 0.6) is 11.5 Å². The molecule has 0 radical (unpaired) electrons. The fraction of sp³-hybridized carbons (Fsp3) is 0.450. The van der Waals surface area contributed by atoms with Crippen molar-refractivity contribution in [3.8, 4) is 45.7 Å². The minimum atomic E-state index is -0.308. The summed E-state index contributed by atoms with van der Waals surface area (Å²) in [7, 11) is 0. The maximum absolute atomic E-state index is 11.8. The first-order valence-electron chi connectivity index (χ1n) is 16.3. The molecule has 7 nitrogen and oxygen atoms in total. The normalized spacial score (nSPS) is 10.6. The second kappa shape index (κ2) is 16.5. The van der Waals surface area contributed by atoms with E-state index in [0.29, 0.717) is 35.4 Å². The Balaban J connectivity index is 0.00000251. The van der Waals surface area contributed by atoms with Crippen LogP contribution in [0.4, 0.5) is 0 Å². The molecular weight excluding hydrogens is 586 g/mol. The van der Waals surface area contributed by atoms with Gasteiger partial charge in [-0.25, -0.2) is 15.0 Å². The third-order valence-electron chi connectivity index (χ3n) is 9.33. The number of nitrogens with zero attached hydrogens (tertiary/aromatic N) is 3. The molecule has 1 aromatic heterocycles. The third kappa shape index (κ3) is 8.01. The molecule has 0 saturated heterocycles. The molecule has 47 heavy (non-hydrogen) atoms. The summed E-state index contributed by atoms with van der Waals surface area (Å²) in [6.45, 7) is 27.8. The largest absolute Gasteiger partial charge is 0.507 e. The van der Waals surface area contributed by atoms with E-state index < -0.39 is 0 Å². The van der Waals surface area contributed by atoms with Gasteiger partial charge in [-0.05, 0) is 143 Å². The number of hydrogen-bond donors (Lipinski definition) is 1. The standard InChI is InChI=1S/C37H45N3O4.C2H6.CH4/c1-12-16-44-32(42)15-17-43-29-13-14-30(31(41)18-29)35-38-36(33-25(8)21(4)19(2)22(5)26(33)9)40-37(39-35)34-27(10)23(6)20(3)24(7)28(34)11;1-2;/h13-14,18,41H,12,15-17H2,1-11H3;1-2H3;1H4. The van der Waals surface area contributed by atoms with Crippen molar-refractivity contribution in [2.75, 3.05) is 13.2 Å². The van der Waals surface area contributed by atoms with Gasteiger partial charge in [-0.1, -0.05) is 28.2 Å². The number of benzene rings is 3. The fourth-order valence-corrected chi connectivity index (χ4v) is 5.72. The molecule has 0 unspecified atom stereocenters. The molecule has 0 aliphatic carbocycles. The summed E-state index contributed by atoms with van der Waals surface area (Å²) >= 11 is 0. The van der Waals surface area contributed by atoms with Crippen LogP contribution in [0.3, 0.4) is 0 Å². The lowest BCUT2D eigenvalue weighted by Crippen LogP contribution is -2.10. The van der Waals surface area contributed by atoms with Gasteiger partial charge < -0.3 is 14.6 Å². The Bertz CT molecular complexity index is 1610. The van der Waals surface area contributed by atoms with E-state index in [0.717, 1.165) is 39.8 Å². The summed E-state index contributed by atoms with van der Waals surface area (Å²) in [5, 5.41) is 11.2. The number of rotatable bonds is 9. The Morgan fingerprint density at radius 3 is 1.45 bits per heavy atom. The molecule has 1 N–H and O–H groups in total. The number of aromatic hydroxyl groups is 1. The van der Waals surface area contributed by atoms with E-state index in [1.807, 2.05) is 20.8 Å². The van der Waals surface area contributed by atoms with Gasteiger partial charge in [0.2, 0.25) is 0 Å². The monoisotopic (exact) mass is 641 g/mol. The number of aromatic nitrogens is 3. The second-order valence-electron chi connectivity index (χ2n) is 11.8. The average molecular weight is 642 g/mol. The highest BCUT2D eigenvalue weighted by Crippen LogP contribution is 2.38. The van der Waals surface area contributed by atoms with E-state index in [1.54, 1.807) is 12.1 Å². The van der Waals surface area contributed by atoms with Gasteiger partial charge in [0.1, 0.15) is 11.5 Å². The number of ether oxygens (including phenoxy) is 2. The highest BCUT2D eigenvalue weighted by atomic mass is 16.5. The topological polar surface area (TPSA) is 94.4 Å². The van der Waals surface area contributed by atoms with Crippen LogP contribution in [0, 0.1) is 69.2 Å². The van der Waals surface area contributed by atoms with E-state index in [1.165, 1.54) is 39.4 Å². The molecule has 1 heterocycles. The van der Waals surface area contributed by atoms with Gasteiger partial charge in [0, 0.05) is 17.2 Å². The van der Waals surface area contributed by atoms with Gasteiger partial charge in [0.05, 0.1) is 25.2 Å². The molecule has 0 aliphatic rings. The average Bonchev–Trinajstić information content (AvgIpc) is 3.04. The molecule has 0 aliphatic heterocycles. The van der Waals surface area contributed by atoms with Crippen molar-refractivity contribution in [3.05, 3.63) is 73.8 Å². The molecule has 0 amide bonds. The highest BCUT2D eigenvalue weighted by Gasteiger charge is 2.23. The SMILES string of the molecule is C.CC.CCCOC(=O)CCOc1ccc(-c2nc(-c3c(C)c(C)c(C)c(C)c3C)nc(-c3c(C)c(C)c(C)c(C)c3C)n2)c(O)c1. The van der Waals surface area contributed by atoms with E-state index in [4.69, 9.17) is 24.4 Å². The zero-order valence-corrected chi connectivity index (χ0v) is 30.1. The van der Waals surface area contributed by atoms with Gasteiger partial charge >= 0.3 is 5.97 Å². The van der Waals surface area contributed by atoms with Crippen molar-refractivity contribution < 1.29 is 19.4 Å². The first-order valence-corrected chi connectivity index (χ1v) is 16.3. The van der Waals surface area contributed by atoms with Crippen molar-refractivity contribution in [1.29, 1.82) is 0 Å². The van der Waals surface area contributed by atoms with Gasteiger partial charge in [-0.2, -0.15) is 0 Å². The number of carbonyl (C=O) groups excluding carboxylic acids is 1. The molecule has 3 aromatic carbocycles. The Morgan fingerprint density at radius 1 is 0.638 bits per heavy atom. The molecule has 4 aromatic rings. The van der Waals surface area contributed by atoms with Crippen molar-refractivity contribution in [2.45, 2.75) is 110 Å². The van der Waals surface area contributed by atoms with Crippen LogP contribution < -0.4 is 4.74 Å². The van der Waals surface area contributed by atoms with Crippen LogP contribution >= 0.6 is 0 Å². The highest BCUT2D eigenvalue weighted by molar-refractivity contribution is 5.77. The molecule has 254 valence electrons. The summed E-state index contributed by atoms with van der Waals surface area (Å²) in [6.07, 6.45) is 0.901. The molecule has 0 spiro atoms. The zero-order valence-electron chi connectivity index (χ0n) is 30.1. The zero-order chi connectivity index (χ0) is 34.5. The van der Waals surface area contributed by atoms with Crippen LogP contribution in [0.2, 0.25) is 0 Å². The van der Waals surface area contributed by atoms with Crippen LogP contribution in [0.15, 0.2) is 18.2 Å². The molecule has 4 rings (SSSR count). The Morgan fingerprint density at radius 2 is 1.04 bits per heavy atom. The van der Waals surface area contributed by atoms with Crippen molar-refractivity contribution >= 4 is 5.97 Å². The number of phenols is 1. The Kier molecular flexibility index (Phi) is 13.7. The van der Waals surface area contributed by atoms with Crippen LogP contribution in [-0.2, 0) is 9.53 Å². The molecule has 0 bridgehead atoms. The van der Waals surface area contributed by atoms with Gasteiger partial charge in [0.15, 0.2) is 17.5 Å². The van der Waals surface area contributed by atoms with Gasteiger partial charge in [0.25, 0.3) is 0 Å². The first kappa shape index (κ1) is 38.9. The molecule has 0 atom stereocenters. The Hall–Kier alpha value is -4.26. The van der Waals surface area contributed by atoms with Gasteiger partial charge in [-0.3, -0.25) is 4.79 Å². The summed E-state index contributed by atoms with van der Waals surface area (Å²) in [5.74, 6) is 1.64. The van der Waals surface area contributed by atoms with E-state index >= 15 is 0 Å². The van der Waals surface area contributed by atoms with E-state index in [-0.39, 0.29) is 32.2 Å². The number of hydrogen-bond acceptors (Lipinski definition) is 7. The summed E-state index contributed by atoms with van der Waals surface area (Å²) in [4.78, 5) is 26.9. The minimum Gasteiger partial charge on any atom is -0.507 e. The lowest BCUT2D eigenvalue weighted by atomic mass is 9.88. The van der Waals surface area contributed by atoms with Crippen LogP contribution in [-0.4, -0.2) is 39.2 Å². The van der Waals surface area contributed by atoms with E-state index in [9.17, 15) is 9.90 Å². The summed E-state index contributed by atoms with van der Waals surface area (Å²) in [6, 6.07) is 5.03. The molecular formula is C40H55N3O4. The number of esters is 1. The molecule has 7 heteroatoms. The van der Waals surface area contributed by atoms with Crippen molar-refractivity contribution in [3.63, 3.8) is 0 Å². The quantitative estimate of drug-likeness (QED) is 0.182. The maximum Gasteiger partial charge on any atom is 0.309 e. The molecule has 0 saturated carbocycles.